The first-order valence-corrected chi connectivity index (χ1v) is 9.52. The van der Waals surface area contributed by atoms with Crippen LogP contribution in [0.4, 0.5) is 22.7 Å². The number of benzene rings is 3. The van der Waals surface area contributed by atoms with Crippen LogP contribution in [0.15, 0.2) is 60.7 Å². The van der Waals surface area contributed by atoms with Crippen molar-refractivity contribution in [2.75, 3.05) is 10.6 Å². The summed E-state index contributed by atoms with van der Waals surface area (Å²) in [7, 11) is 0. The van der Waals surface area contributed by atoms with E-state index in [9.17, 15) is 29.8 Å². The van der Waals surface area contributed by atoms with Crippen molar-refractivity contribution in [3.8, 4) is 0 Å². The van der Waals surface area contributed by atoms with Crippen molar-refractivity contribution in [1.82, 2.24) is 0 Å². The Morgan fingerprint density at radius 3 is 1.31 bits per heavy atom. The molecule has 12 heteroatoms. The summed E-state index contributed by atoms with van der Waals surface area (Å²) in [6.07, 6.45) is 0. The fourth-order valence-corrected chi connectivity index (χ4v) is 2.94. The van der Waals surface area contributed by atoms with Gasteiger partial charge in [-0.05, 0) is 36.4 Å². The zero-order valence-electron chi connectivity index (χ0n) is 15.9. The molecule has 32 heavy (non-hydrogen) atoms. The lowest BCUT2D eigenvalue weighted by molar-refractivity contribution is -0.385. The van der Waals surface area contributed by atoms with Gasteiger partial charge in [-0.2, -0.15) is 0 Å². The number of nitrogens with one attached hydrogen (secondary N) is 2. The average molecular weight is 475 g/mol. The maximum absolute atomic E-state index is 12.4. The zero-order chi connectivity index (χ0) is 23.4. The van der Waals surface area contributed by atoms with Gasteiger partial charge in [0.2, 0.25) is 0 Å². The SMILES string of the molecule is O=C(Nc1cc([N+](=O)[O-])ccc1Cl)c1ccc(C(=O)Nc2cc([N+](=O)[O-])ccc2Cl)cc1. The highest BCUT2D eigenvalue weighted by atomic mass is 35.5. The van der Waals surface area contributed by atoms with E-state index < -0.39 is 21.7 Å². The molecule has 0 aromatic heterocycles. The number of hydrogen-bond donors (Lipinski definition) is 2. The molecule has 0 heterocycles. The molecule has 3 rings (SSSR count). The predicted molar refractivity (Wildman–Crippen MR) is 119 cm³/mol. The second-order valence-corrected chi connectivity index (χ2v) is 7.14. The summed E-state index contributed by atoms with van der Waals surface area (Å²) >= 11 is 12.0. The lowest BCUT2D eigenvalue weighted by atomic mass is 10.1. The minimum absolute atomic E-state index is 0.0630. The Morgan fingerprint density at radius 1 is 0.656 bits per heavy atom. The van der Waals surface area contributed by atoms with Gasteiger partial charge in [0.15, 0.2) is 0 Å². The molecule has 10 nitrogen and oxygen atoms in total. The molecule has 0 aliphatic carbocycles. The van der Waals surface area contributed by atoms with Crippen LogP contribution in [-0.2, 0) is 0 Å². The summed E-state index contributed by atoms with van der Waals surface area (Å²) in [4.78, 5) is 45.4. The molecule has 0 fully saturated rings. The van der Waals surface area contributed by atoms with E-state index in [-0.39, 0.29) is 43.9 Å². The third-order valence-corrected chi connectivity index (χ3v) is 4.89. The fourth-order valence-electron chi connectivity index (χ4n) is 2.61. The highest BCUT2D eigenvalue weighted by molar-refractivity contribution is 6.34. The standard InChI is InChI=1S/C20H12Cl2N4O6/c21-15-7-5-13(25(29)30)9-17(15)23-19(27)11-1-2-12(4-3-11)20(28)24-18-10-14(26(31)32)6-8-16(18)22/h1-10H,(H,23,27)(H,24,28). The molecule has 0 aliphatic rings. The molecule has 0 aliphatic heterocycles. The molecule has 0 unspecified atom stereocenters. The molecule has 2 N–H and O–H groups in total. The van der Waals surface area contributed by atoms with Crippen molar-refractivity contribution >= 4 is 57.8 Å². The summed E-state index contributed by atoms with van der Waals surface area (Å²) in [5.74, 6) is -1.19. The number of hydrogen-bond acceptors (Lipinski definition) is 6. The van der Waals surface area contributed by atoms with Crippen LogP contribution in [0.1, 0.15) is 20.7 Å². The Kier molecular flexibility index (Phi) is 6.67. The monoisotopic (exact) mass is 474 g/mol. The number of carbonyl (C=O) groups excluding carboxylic acids is 2. The van der Waals surface area contributed by atoms with Gasteiger partial charge in [0, 0.05) is 35.4 Å². The van der Waals surface area contributed by atoms with Crippen molar-refractivity contribution in [1.29, 1.82) is 0 Å². The topological polar surface area (TPSA) is 144 Å². The van der Waals surface area contributed by atoms with Gasteiger partial charge in [-0.15, -0.1) is 0 Å². The highest BCUT2D eigenvalue weighted by Gasteiger charge is 2.16. The lowest BCUT2D eigenvalue weighted by Crippen LogP contribution is -2.15. The second-order valence-electron chi connectivity index (χ2n) is 6.33. The number of carbonyl (C=O) groups is 2. The molecule has 0 atom stereocenters. The smallest absolute Gasteiger partial charge is 0.271 e. The van der Waals surface area contributed by atoms with Crippen LogP contribution in [0, 0.1) is 20.2 Å². The van der Waals surface area contributed by atoms with Gasteiger partial charge in [0.05, 0.1) is 31.3 Å². The number of amides is 2. The first-order valence-electron chi connectivity index (χ1n) is 8.76. The molecule has 162 valence electrons. The zero-order valence-corrected chi connectivity index (χ0v) is 17.4. The van der Waals surface area contributed by atoms with Crippen LogP contribution < -0.4 is 10.6 Å². The van der Waals surface area contributed by atoms with E-state index in [0.717, 1.165) is 12.1 Å². The van der Waals surface area contributed by atoms with Gasteiger partial charge < -0.3 is 10.6 Å². The van der Waals surface area contributed by atoms with Crippen molar-refractivity contribution in [3.05, 3.63) is 102 Å². The minimum atomic E-state index is -0.618. The fraction of sp³-hybridized carbons (Fsp3) is 0. The number of halogens is 2. The van der Waals surface area contributed by atoms with Gasteiger partial charge in [-0.25, -0.2) is 0 Å². The van der Waals surface area contributed by atoms with Crippen LogP contribution in [0.2, 0.25) is 10.0 Å². The van der Waals surface area contributed by atoms with Gasteiger partial charge >= 0.3 is 0 Å². The molecular weight excluding hydrogens is 463 g/mol. The normalized spacial score (nSPS) is 10.3. The van der Waals surface area contributed by atoms with Crippen LogP contribution in [0.5, 0.6) is 0 Å². The summed E-state index contributed by atoms with van der Waals surface area (Å²) < 4.78 is 0. The average Bonchev–Trinajstić information content (AvgIpc) is 2.76. The molecular formula is C20H12Cl2N4O6. The number of nitro benzene ring substituents is 2. The van der Waals surface area contributed by atoms with Crippen molar-refractivity contribution < 1.29 is 19.4 Å². The van der Waals surface area contributed by atoms with E-state index in [2.05, 4.69) is 10.6 Å². The predicted octanol–water partition coefficient (Wildman–Crippen LogP) is 5.31. The Hall–Kier alpha value is -4.02. The number of nitro groups is 2. The van der Waals surface area contributed by atoms with E-state index in [4.69, 9.17) is 23.2 Å². The summed E-state index contributed by atoms with van der Waals surface area (Å²) in [5.41, 5.74) is -0.0240. The molecule has 3 aromatic rings. The molecule has 2 amide bonds. The molecule has 0 radical (unpaired) electrons. The van der Waals surface area contributed by atoms with Crippen LogP contribution in [0.3, 0.4) is 0 Å². The molecule has 0 bridgehead atoms. The van der Waals surface area contributed by atoms with E-state index in [1.807, 2.05) is 0 Å². The quantitative estimate of drug-likeness (QED) is 0.365. The van der Waals surface area contributed by atoms with Gasteiger partial charge in [-0.3, -0.25) is 29.8 Å². The van der Waals surface area contributed by atoms with Gasteiger partial charge in [0.25, 0.3) is 23.2 Å². The Bertz CT molecular complexity index is 1150. The largest absolute Gasteiger partial charge is 0.320 e. The molecule has 0 saturated carbocycles. The van der Waals surface area contributed by atoms with Crippen molar-refractivity contribution in [2.45, 2.75) is 0 Å². The molecule has 0 saturated heterocycles. The second kappa shape index (κ2) is 9.41. The third kappa shape index (κ3) is 5.17. The maximum atomic E-state index is 12.4. The number of rotatable bonds is 6. The first-order chi connectivity index (χ1) is 15.2. The van der Waals surface area contributed by atoms with E-state index in [1.54, 1.807) is 0 Å². The lowest BCUT2D eigenvalue weighted by Gasteiger charge is -2.09. The number of nitrogens with zero attached hydrogens (tertiary/aromatic N) is 2. The minimum Gasteiger partial charge on any atom is -0.320 e. The number of anilines is 2. The van der Waals surface area contributed by atoms with Crippen LogP contribution in [0.25, 0.3) is 0 Å². The van der Waals surface area contributed by atoms with Crippen molar-refractivity contribution in [2.24, 2.45) is 0 Å². The van der Waals surface area contributed by atoms with E-state index >= 15 is 0 Å². The van der Waals surface area contributed by atoms with Crippen LogP contribution in [-0.4, -0.2) is 21.7 Å². The maximum Gasteiger partial charge on any atom is 0.271 e. The Labute approximate surface area is 190 Å². The third-order valence-electron chi connectivity index (χ3n) is 4.23. The molecule has 0 spiro atoms. The van der Waals surface area contributed by atoms with E-state index in [0.29, 0.717) is 0 Å². The Morgan fingerprint density at radius 2 is 1.00 bits per heavy atom. The van der Waals surface area contributed by atoms with Gasteiger partial charge in [0.1, 0.15) is 0 Å². The van der Waals surface area contributed by atoms with Crippen molar-refractivity contribution in [3.63, 3.8) is 0 Å². The van der Waals surface area contributed by atoms with Gasteiger partial charge in [-0.1, -0.05) is 23.2 Å². The molecule has 3 aromatic carbocycles. The van der Waals surface area contributed by atoms with E-state index in [1.165, 1.54) is 48.5 Å². The highest BCUT2D eigenvalue weighted by Crippen LogP contribution is 2.28. The van der Waals surface area contributed by atoms with Crippen LogP contribution >= 0.6 is 23.2 Å². The summed E-state index contributed by atoms with van der Waals surface area (Å²) in [6, 6.07) is 12.7. The summed E-state index contributed by atoms with van der Waals surface area (Å²) in [6.45, 7) is 0. The summed E-state index contributed by atoms with van der Waals surface area (Å²) in [5, 5.41) is 27.0. The first kappa shape index (κ1) is 22.7. The number of non-ortho nitro benzene ring substituents is 2. The Balaban J connectivity index is 1.74.